The lowest BCUT2D eigenvalue weighted by Gasteiger charge is -2.32. The highest BCUT2D eigenvalue weighted by Gasteiger charge is 2.27. The number of aromatic amines is 1. The molecule has 4 aromatic rings. The van der Waals surface area contributed by atoms with Gasteiger partial charge in [0.05, 0.1) is 17.3 Å². The highest BCUT2D eigenvalue weighted by molar-refractivity contribution is 5.97. The first-order chi connectivity index (χ1) is 13.2. The van der Waals surface area contributed by atoms with Crippen LogP contribution in [0, 0.1) is 6.92 Å². The number of aryl methyl sites for hydroxylation is 1. The maximum Gasteiger partial charge on any atom is 0.253 e. The predicted octanol–water partition coefficient (Wildman–Crippen LogP) is 4.64. The number of aromatic nitrogens is 2. The Kier molecular flexibility index (Phi) is 3.74. The molecule has 5 rings (SSSR count). The zero-order valence-electron chi connectivity index (χ0n) is 15.2. The van der Waals surface area contributed by atoms with E-state index in [1.807, 2.05) is 35.2 Å². The van der Waals surface area contributed by atoms with E-state index in [0.29, 0.717) is 12.1 Å². The van der Waals surface area contributed by atoms with Crippen molar-refractivity contribution in [1.29, 1.82) is 0 Å². The summed E-state index contributed by atoms with van der Waals surface area (Å²) in [5.41, 5.74) is 4.79. The molecule has 1 N–H and O–H groups in total. The number of amides is 1. The lowest BCUT2D eigenvalue weighted by atomic mass is 9.96. The van der Waals surface area contributed by atoms with Gasteiger partial charge < -0.3 is 14.3 Å². The number of carbonyl (C=O) groups is 1. The molecule has 1 aliphatic heterocycles. The molecule has 1 saturated heterocycles. The number of hydrogen-bond donors (Lipinski definition) is 1. The molecule has 0 aliphatic carbocycles. The standard InChI is InChI=1S/C22H21N3O2/c1-14-4-2-6-18-20(14)24-21(23-18)17-5-3-10-25(13-17)22(26)16-7-8-19-15(12-16)9-11-27-19/h2,4,6-9,11-12,17H,3,5,10,13H2,1H3,(H,23,24)/t17-/m1/s1. The first-order valence-corrected chi connectivity index (χ1v) is 9.41. The minimum Gasteiger partial charge on any atom is -0.464 e. The van der Waals surface area contributed by atoms with Gasteiger partial charge in [0.15, 0.2) is 0 Å². The van der Waals surface area contributed by atoms with E-state index in [2.05, 4.69) is 24.0 Å². The number of hydrogen-bond acceptors (Lipinski definition) is 3. The SMILES string of the molecule is Cc1cccc2[nH]c([C@@H]3CCCN(C(=O)c4ccc5occc5c4)C3)nc12. The molecular weight excluding hydrogens is 338 g/mol. The number of fused-ring (bicyclic) bond motifs is 2. The number of rotatable bonds is 2. The van der Waals surface area contributed by atoms with Crippen LogP contribution in [0.2, 0.25) is 0 Å². The third-order valence-electron chi connectivity index (χ3n) is 5.53. The van der Waals surface area contributed by atoms with Gasteiger partial charge in [-0.05, 0) is 55.7 Å². The minimum atomic E-state index is 0.0788. The van der Waals surface area contributed by atoms with Crippen LogP contribution in [0.1, 0.15) is 40.5 Å². The molecule has 3 heterocycles. The number of para-hydroxylation sites is 1. The number of piperidine rings is 1. The van der Waals surface area contributed by atoms with Crippen molar-refractivity contribution in [1.82, 2.24) is 14.9 Å². The first kappa shape index (κ1) is 16.1. The minimum absolute atomic E-state index is 0.0788. The second kappa shape index (κ2) is 6.27. The third-order valence-corrected chi connectivity index (χ3v) is 5.53. The fraction of sp³-hybridized carbons (Fsp3) is 0.273. The Morgan fingerprint density at radius 3 is 3.07 bits per heavy atom. The fourth-order valence-corrected chi connectivity index (χ4v) is 4.06. The zero-order valence-corrected chi connectivity index (χ0v) is 15.2. The van der Waals surface area contributed by atoms with Gasteiger partial charge in [0.25, 0.3) is 5.91 Å². The Morgan fingerprint density at radius 2 is 2.19 bits per heavy atom. The number of likely N-dealkylation sites (tertiary alicyclic amines) is 1. The summed E-state index contributed by atoms with van der Waals surface area (Å²) in [4.78, 5) is 23.3. The maximum atomic E-state index is 13.0. The number of nitrogens with zero attached hydrogens (tertiary/aromatic N) is 2. The summed E-state index contributed by atoms with van der Waals surface area (Å²) in [7, 11) is 0. The topological polar surface area (TPSA) is 62.1 Å². The van der Waals surface area contributed by atoms with E-state index in [-0.39, 0.29) is 11.8 Å². The zero-order chi connectivity index (χ0) is 18.4. The molecule has 2 aromatic carbocycles. The Balaban J connectivity index is 1.40. The van der Waals surface area contributed by atoms with Gasteiger partial charge in [0, 0.05) is 30.0 Å². The van der Waals surface area contributed by atoms with Gasteiger partial charge >= 0.3 is 0 Å². The van der Waals surface area contributed by atoms with E-state index >= 15 is 0 Å². The van der Waals surface area contributed by atoms with Crippen molar-refractivity contribution in [3.63, 3.8) is 0 Å². The monoisotopic (exact) mass is 359 g/mol. The summed E-state index contributed by atoms with van der Waals surface area (Å²) < 4.78 is 5.37. The Morgan fingerprint density at radius 1 is 1.26 bits per heavy atom. The van der Waals surface area contributed by atoms with Crippen molar-refractivity contribution in [2.45, 2.75) is 25.7 Å². The van der Waals surface area contributed by atoms with Gasteiger partial charge in [-0.1, -0.05) is 12.1 Å². The molecule has 1 fully saturated rings. The molecule has 27 heavy (non-hydrogen) atoms. The van der Waals surface area contributed by atoms with E-state index in [1.165, 1.54) is 5.56 Å². The molecular formula is C22H21N3O2. The van der Waals surface area contributed by atoms with Crippen LogP contribution in [0.4, 0.5) is 0 Å². The van der Waals surface area contributed by atoms with Gasteiger partial charge in [-0.3, -0.25) is 4.79 Å². The third kappa shape index (κ3) is 2.79. The van der Waals surface area contributed by atoms with Crippen LogP contribution in [-0.4, -0.2) is 33.9 Å². The van der Waals surface area contributed by atoms with E-state index in [9.17, 15) is 4.79 Å². The molecule has 0 unspecified atom stereocenters. The number of benzene rings is 2. The summed E-state index contributed by atoms with van der Waals surface area (Å²) >= 11 is 0. The van der Waals surface area contributed by atoms with Crippen molar-refractivity contribution in [2.75, 3.05) is 13.1 Å². The average molecular weight is 359 g/mol. The number of furan rings is 1. The van der Waals surface area contributed by atoms with Crippen molar-refractivity contribution < 1.29 is 9.21 Å². The number of H-pyrrole nitrogens is 1. The quantitative estimate of drug-likeness (QED) is 0.567. The van der Waals surface area contributed by atoms with Crippen LogP contribution in [0.5, 0.6) is 0 Å². The van der Waals surface area contributed by atoms with Gasteiger partial charge in [0.1, 0.15) is 11.4 Å². The fourth-order valence-electron chi connectivity index (χ4n) is 4.06. The van der Waals surface area contributed by atoms with Crippen LogP contribution < -0.4 is 0 Å². The maximum absolute atomic E-state index is 13.0. The molecule has 136 valence electrons. The lowest BCUT2D eigenvalue weighted by molar-refractivity contribution is 0.0705. The summed E-state index contributed by atoms with van der Waals surface area (Å²) in [5.74, 6) is 1.31. The summed E-state index contributed by atoms with van der Waals surface area (Å²) in [6, 6.07) is 13.7. The van der Waals surface area contributed by atoms with E-state index in [4.69, 9.17) is 9.40 Å². The van der Waals surface area contributed by atoms with Gasteiger partial charge in [-0.2, -0.15) is 0 Å². The summed E-state index contributed by atoms with van der Waals surface area (Å²) in [6.07, 6.45) is 3.68. The van der Waals surface area contributed by atoms with Crippen LogP contribution >= 0.6 is 0 Å². The molecule has 1 atom stereocenters. The van der Waals surface area contributed by atoms with Crippen LogP contribution in [0.25, 0.3) is 22.0 Å². The number of nitrogens with one attached hydrogen (secondary N) is 1. The Labute approximate surface area is 157 Å². The Bertz CT molecular complexity index is 1140. The summed E-state index contributed by atoms with van der Waals surface area (Å²) in [6.45, 7) is 3.56. The van der Waals surface area contributed by atoms with E-state index in [0.717, 1.165) is 47.2 Å². The second-order valence-electron chi connectivity index (χ2n) is 7.36. The molecule has 5 heteroatoms. The molecule has 1 aliphatic rings. The smallest absolute Gasteiger partial charge is 0.253 e. The van der Waals surface area contributed by atoms with Gasteiger partial charge in [-0.25, -0.2) is 4.98 Å². The molecule has 1 amide bonds. The molecule has 0 radical (unpaired) electrons. The highest BCUT2D eigenvalue weighted by Crippen LogP contribution is 2.29. The number of carbonyl (C=O) groups excluding carboxylic acids is 1. The lowest BCUT2D eigenvalue weighted by Crippen LogP contribution is -2.39. The first-order valence-electron chi connectivity index (χ1n) is 9.41. The molecule has 5 nitrogen and oxygen atoms in total. The normalized spacial score (nSPS) is 17.7. The van der Waals surface area contributed by atoms with Crippen molar-refractivity contribution in [3.05, 3.63) is 65.7 Å². The Hall–Kier alpha value is -3.08. The van der Waals surface area contributed by atoms with Crippen molar-refractivity contribution in [3.8, 4) is 0 Å². The number of imidazole rings is 1. The van der Waals surface area contributed by atoms with Gasteiger partial charge in [-0.15, -0.1) is 0 Å². The van der Waals surface area contributed by atoms with Gasteiger partial charge in [0.2, 0.25) is 0 Å². The summed E-state index contributed by atoms with van der Waals surface area (Å²) in [5, 5.41) is 0.960. The predicted molar refractivity (Wildman–Crippen MR) is 105 cm³/mol. The van der Waals surface area contributed by atoms with E-state index in [1.54, 1.807) is 6.26 Å². The molecule has 0 bridgehead atoms. The highest BCUT2D eigenvalue weighted by atomic mass is 16.3. The van der Waals surface area contributed by atoms with E-state index < -0.39 is 0 Å². The largest absolute Gasteiger partial charge is 0.464 e. The molecule has 2 aromatic heterocycles. The molecule has 0 saturated carbocycles. The average Bonchev–Trinajstić information content (AvgIpc) is 3.34. The van der Waals surface area contributed by atoms with Crippen LogP contribution in [0.15, 0.2) is 53.1 Å². The van der Waals surface area contributed by atoms with Crippen molar-refractivity contribution >= 4 is 27.9 Å². The van der Waals surface area contributed by atoms with Crippen LogP contribution in [0.3, 0.4) is 0 Å². The molecule has 0 spiro atoms. The second-order valence-corrected chi connectivity index (χ2v) is 7.36. The van der Waals surface area contributed by atoms with Crippen molar-refractivity contribution in [2.24, 2.45) is 0 Å². The van der Waals surface area contributed by atoms with Crippen LogP contribution in [-0.2, 0) is 0 Å².